The summed E-state index contributed by atoms with van der Waals surface area (Å²) in [5.41, 5.74) is -0.634. The third kappa shape index (κ3) is 2.62. The summed E-state index contributed by atoms with van der Waals surface area (Å²) in [6.07, 6.45) is 0. The molecule has 0 bridgehead atoms. The second kappa shape index (κ2) is 2.94. The quantitative estimate of drug-likeness (QED) is 0.465. The van der Waals surface area contributed by atoms with Gasteiger partial charge in [0.25, 0.3) is 0 Å². The molecule has 0 amide bonds. The highest BCUT2D eigenvalue weighted by Gasteiger charge is 2.40. The van der Waals surface area contributed by atoms with Crippen molar-refractivity contribution in [1.29, 1.82) is 5.26 Å². The Morgan fingerprint density at radius 2 is 1.82 bits per heavy atom. The summed E-state index contributed by atoms with van der Waals surface area (Å²) >= 11 is 0. The van der Waals surface area contributed by atoms with Gasteiger partial charge in [0, 0.05) is 0 Å². The van der Waals surface area contributed by atoms with Gasteiger partial charge in [-0.1, -0.05) is 6.92 Å². The van der Waals surface area contributed by atoms with Crippen molar-refractivity contribution in [3.63, 3.8) is 0 Å². The van der Waals surface area contributed by atoms with Crippen LogP contribution in [-0.4, -0.2) is 8.41 Å². The molecule has 3 heteroatoms. The van der Waals surface area contributed by atoms with E-state index in [-0.39, 0.29) is 5.54 Å². The first kappa shape index (κ1) is 10.6. The molecule has 64 valence electrons. The van der Waals surface area contributed by atoms with E-state index in [0.29, 0.717) is 0 Å². The van der Waals surface area contributed by atoms with E-state index in [1.165, 1.54) is 0 Å². The molecular formula is C8H16FNSi. The fraction of sp³-hybridized carbons (Fsp3) is 0.875. The van der Waals surface area contributed by atoms with E-state index in [1.807, 2.05) is 6.92 Å². The van der Waals surface area contributed by atoms with Gasteiger partial charge in [0.15, 0.2) is 0 Å². The predicted molar refractivity (Wildman–Crippen MR) is 47.4 cm³/mol. The van der Waals surface area contributed by atoms with Crippen LogP contribution in [0.3, 0.4) is 0 Å². The van der Waals surface area contributed by atoms with E-state index in [1.54, 1.807) is 26.9 Å². The maximum Gasteiger partial charge on any atom is 0.245 e. The summed E-state index contributed by atoms with van der Waals surface area (Å²) in [5.74, 6) is 0. The van der Waals surface area contributed by atoms with Crippen molar-refractivity contribution in [3.05, 3.63) is 0 Å². The number of halogens is 1. The van der Waals surface area contributed by atoms with Gasteiger partial charge in [-0.15, -0.1) is 0 Å². The molecule has 0 aromatic carbocycles. The van der Waals surface area contributed by atoms with Crippen LogP contribution in [0.2, 0.25) is 18.6 Å². The van der Waals surface area contributed by atoms with Crippen LogP contribution in [-0.2, 0) is 0 Å². The van der Waals surface area contributed by atoms with E-state index >= 15 is 0 Å². The fourth-order valence-electron chi connectivity index (χ4n) is 0.955. The Morgan fingerprint density at radius 3 is 1.91 bits per heavy atom. The van der Waals surface area contributed by atoms with Crippen molar-refractivity contribution < 1.29 is 4.11 Å². The average molecular weight is 173 g/mol. The van der Waals surface area contributed by atoms with Crippen molar-refractivity contribution in [3.8, 4) is 6.07 Å². The summed E-state index contributed by atoms with van der Waals surface area (Å²) in [7, 11) is -2.64. The lowest BCUT2D eigenvalue weighted by atomic mass is 9.92. The molecule has 0 spiro atoms. The first-order valence-corrected chi connectivity index (χ1v) is 6.77. The topological polar surface area (TPSA) is 23.8 Å². The Kier molecular flexibility index (Phi) is 2.84. The SMILES string of the molecule is CC(C(C)(C)C#N)[Si](C)(C)F. The van der Waals surface area contributed by atoms with E-state index in [4.69, 9.17) is 5.26 Å². The zero-order valence-electron chi connectivity index (χ0n) is 7.90. The minimum Gasteiger partial charge on any atom is -0.314 e. The average Bonchev–Trinajstić information content (AvgIpc) is 1.84. The molecule has 0 fully saturated rings. The fourth-order valence-corrected chi connectivity index (χ4v) is 2.74. The molecule has 0 rings (SSSR count). The van der Waals surface area contributed by atoms with Crippen LogP contribution in [0.25, 0.3) is 0 Å². The van der Waals surface area contributed by atoms with Crippen LogP contribution in [0.5, 0.6) is 0 Å². The smallest absolute Gasteiger partial charge is 0.245 e. The lowest BCUT2D eigenvalue weighted by Crippen LogP contribution is -2.34. The highest BCUT2D eigenvalue weighted by atomic mass is 28.4. The molecule has 0 aromatic heterocycles. The van der Waals surface area contributed by atoms with Gasteiger partial charge in [-0.05, 0) is 32.5 Å². The molecule has 0 saturated carbocycles. The standard InChI is InChI=1S/C8H16FNSi/c1-7(11(4,5)9)8(2,3)6-10/h7H,1-5H3. The second-order valence-corrected chi connectivity index (χ2v) is 8.11. The molecule has 0 aliphatic rings. The first-order chi connectivity index (χ1) is 4.72. The summed E-state index contributed by atoms with van der Waals surface area (Å²) in [4.78, 5) is 0. The van der Waals surface area contributed by atoms with Crippen molar-refractivity contribution in [2.45, 2.75) is 39.4 Å². The van der Waals surface area contributed by atoms with Crippen LogP contribution in [0.4, 0.5) is 4.11 Å². The minimum absolute atomic E-state index is 0.111. The van der Waals surface area contributed by atoms with Gasteiger partial charge in [-0.2, -0.15) is 5.26 Å². The molecular weight excluding hydrogens is 157 g/mol. The Bertz CT molecular complexity index is 176. The molecule has 0 N–H and O–H groups in total. The highest BCUT2D eigenvalue weighted by molar-refractivity contribution is 6.72. The Labute approximate surface area is 69.4 Å². The van der Waals surface area contributed by atoms with Gasteiger partial charge >= 0.3 is 0 Å². The third-order valence-electron chi connectivity index (χ3n) is 2.40. The van der Waals surface area contributed by atoms with Crippen molar-refractivity contribution in [2.75, 3.05) is 0 Å². The van der Waals surface area contributed by atoms with Gasteiger partial charge < -0.3 is 4.11 Å². The molecule has 0 heterocycles. The number of hydrogen-bond acceptors (Lipinski definition) is 1. The van der Waals surface area contributed by atoms with Crippen molar-refractivity contribution in [1.82, 2.24) is 0 Å². The molecule has 1 atom stereocenters. The first-order valence-electron chi connectivity index (χ1n) is 3.82. The van der Waals surface area contributed by atoms with Crippen molar-refractivity contribution >= 4 is 8.41 Å². The van der Waals surface area contributed by atoms with Crippen LogP contribution in [0, 0.1) is 16.7 Å². The Balaban J connectivity index is 4.52. The van der Waals surface area contributed by atoms with E-state index < -0.39 is 13.8 Å². The van der Waals surface area contributed by atoms with E-state index in [9.17, 15) is 4.11 Å². The minimum atomic E-state index is -2.64. The molecule has 1 unspecified atom stereocenters. The Hall–Kier alpha value is -0.363. The Morgan fingerprint density at radius 1 is 1.45 bits per heavy atom. The molecule has 0 aromatic rings. The molecule has 11 heavy (non-hydrogen) atoms. The van der Waals surface area contributed by atoms with Crippen LogP contribution < -0.4 is 0 Å². The molecule has 1 nitrogen and oxygen atoms in total. The van der Waals surface area contributed by atoms with Gasteiger partial charge in [0.1, 0.15) is 0 Å². The zero-order valence-corrected chi connectivity index (χ0v) is 8.90. The van der Waals surface area contributed by atoms with Gasteiger partial charge in [-0.25, -0.2) is 0 Å². The maximum absolute atomic E-state index is 13.5. The number of hydrogen-bond donors (Lipinski definition) is 0. The van der Waals surface area contributed by atoms with Crippen LogP contribution in [0.15, 0.2) is 0 Å². The molecule has 0 aliphatic carbocycles. The monoisotopic (exact) mass is 173 g/mol. The predicted octanol–water partition coefficient (Wildman–Crippen LogP) is 3.10. The maximum atomic E-state index is 13.5. The third-order valence-corrected chi connectivity index (χ3v) is 5.18. The summed E-state index contributed by atoms with van der Waals surface area (Å²) in [6, 6.07) is 2.14. The van der Waals surface area contributed by atoms with E-state index in [0.717, 1.165) is 0 Å². The second-order valence-electron chi connectivity index (χ2n) is 4.12. The van der Waals surface area contributed by atoms with Crippen LogP contribution >= 0.6 is 0 Å². The number of nitrogens with zero attached hydrogens (tertiary/aromatic N) is 1. The van der Waals surface area contributed by atoms with Gasteiger partial charge in [0.05, 0.1) is 11.5 Å². The lowest BCUT2D eigenvalue weighted by Gasteiger charge is -2.30. The highest BCUT2D eigenvalue weighted by Crippen LogP contribution is 2.39. The normalized spacial score (nSPS) is 15.7. The largest absolute Gasteiger partial charge is 0.314 e. The van der Waals surface area contributed by atoms with Gasteiger partial charge in [0.2, 0.25) is 8.41 Å². The van der Waals surface area contributed by atoms with E-state index in [2.05, 4.69) is 6.07 Å². The summed E-state index contributed by atoms with van der Waals surface area (Å²) in [6.45, 7) is 8.72. The molecule has 0 saturated heterocycles. The van der Waals surface area contributed by atoms with Gasteiger partial charge in [-0.3, -0.25) is 0 Å². The van der Waals surface area contributed by atoms with Crippen molar-refractivity contribution in [2.24, 2.45) is 5.41 Å². The molecule has 0 aliphatic heterocycles. The summed E-state index contributed by atoms with van der Waals surface area (Å²) < 4.78 is 13.5. The van der Waals surface area contributed by atoms with Crippen LogP contribution in [0.1, 0.15) is 20.8 Å². The number of nitriles is 1. The molecule has 0 radical (unpaired) electrons. The zero-order chi connectivity index (χ0) is 9.28. The lowest BCUT2D eigenvalue weighted by molar-refractivity contribution is 0.445. The summed E-state index contributed by atoms with van der Waals surface area (Å²) in [5, 5.41) is 8.73. The number of rotatable bonds is 2.